The monoisotopic (exact) mass is 246 g/mol. The molecular weight excluding hydrogens is 232 g/mol. The molecule has 94 valence electrons. The van der Waals surface area contributed by atoms with Crippen LogP contribution in [0.4, 0.5) is 0 Å². The van der Waals surface area contributed by atoms with Gasteiger partial charge in [-0.25, -0.2) is 0 Å². The normalized spacial score (nSPS) is 16.1. The second-order valence-electron chi connectivity index (χ2n) is 4.36. The Balaban J connectivity index is 2.06. The molecule has 1 aromatic carbocycles. The molecule has 18 heavy (non-hydrogen) atoms. The van der Waals surface area contributed by atoms with Crippen LogP contribution < -0.4 is 4.74 Å². The Morgan fingerprint density at radius 3 is 2.22 bits per heavy atom. The molecule has 1 saturated carbocycles. The molecule has 1 fully saturated rings. The van der Waals surface area contributed by atoms with E-state index in [1.807, 2.05) is 0 Å². The first-order valence-corrected chi connectivity index (χ1v) is 5.83. The lowest BCUT2D eigenvalue weighted by Crippen LogP contribution is -2.26. The summed E-state index contributed by atoms with van der Waals surface area (Å²) in [6, 6.07) is 7.03. The Hall–Kier alpha value is -1.97. The van der Waals surface area contributed by atoms with Gasteiger partial charge in [-0.2, -0.15) is 0 Å². The van der Waals surface area contributed by atoms with Gasteiger partial charge >= 0.3 is 0 Å². The molecule has 0 N–H and O–H groups in total. The van der Waals surface area contributed by atoms with Crippen LogP contribution in [0.2, 0.25) is 0 Å². The van der Waals surface area contributed by atoms with Gasteiger partial charge in [0.15, 0.2) is 17.3 Å². The minimum Gasteiger partial charge on any atom is -0.497 e. The lowest BCUT2D eigenvalue weighted by Gasteiger charge is -2.06. The molecule has 2 rings (SSSR count). The number of rotatable bonds is 4. The molecule has 1 aromatic rings. The maximum Gasteiger partial charge on any atom is 0.155 e. The molecular formula is C14H14O4. The van der Waals surface area contributed by atoms with Gasteiger partial charge in [-0.3, -0.25) is 14.4 Å². The van der Waals surface area contributed by atoms with E-state index in [-0.39, 0.29) is 36.6 Å². The fourth-order valence-electron chi connectivity index (χ4n) is 2.12. The smallest absolute Gasteiger partial charge is 0.155 e. The third kappa shape index (κ3) is 2.47. The molecule has 4 nitrogen and oxygen atoms in total. The van der Waals surface area contributed by atoms with Gasteiger partial charge in [0.1, 0.15) is 11.7 Å². The molecule has 0 bridgehead atoms. The molecule has 0 amide bonds. The summed E-state index contributed by atoms with van der Waals surface area (Å²) in [4.78, 5) is 34.8. The molecule has 0 radical (unpaired) electrons. The van der Waals surface area contributed by atoms with Gasteiger partial charge in [0.25, 0.3) is 0 Å². The highest BCUT2D eigenvalue weighted by Crippen LogP contribution is 2.21. The molecule has 1 aliphatic rings. The number of hydrogen-bond donors (Lipinski definition) is 0. The summed E-state index contributed by atoms with van der Waals surface area (Å²) in [5.41, 5.74) is 0.785. The van der Waals surface area contributed by atoms with Crippen molar-refractivity contribution in [1.82, 2.24) is 0 Å². The lowest BCUT2D eigenvalue weighted by molar-refractivity contribution is -0.135. The standard InChI is InChI=1S/C14H14O4/c1-18-10-4-2-9(3-5-10)8-13(17)14-11(15)6-7-12(14)16/h2-5,14H,6-8H2,1H3. The van der Waals surface area contributed by atoms with Crippen molar-refractivity contribution in [1.29, 1.82) is 0 Å². The summed E-state index contributed by atoms with van der Waals surface area (Å²) >= 11 is 0. The second-order valence-corrected chi connectivity index (χ2v) is 4.36. The van der Waals surface area contributed by atoms with E-state index in [1.54, 1.807) is 31.4 Å². The first-order valence-electron chi connectivity index (χ1n) is 5.83. The number of ether oxygens (including phenoxy) is 1. The summed E-state index contributed by atoms with van der Waals surface area (Å²) in [6.07, 6.45) is 0.530. The number of benzene rings is 1. The van der Waals surface area contributed by atoms with Crippen LogP contribution in [0.15, 0.2) is 24.3 Å². The third-order valence-electron chi connectivity index (χ3n) is 3.12. The van der Waals surface area contributed by atoms with Crippen LogP contribution in [0.3, 0.4) is 0 Å². The van der Waals surface area contributed by atoms with E-state index < -0.39 is 5.92 Å². The second kappa shape index (κ2) is 5.12. The van der Waals surface area contributed by atoms with Crippen molar-refractivity contribution in [3.63, 3.8) is 0 Å². The molecule has 0 spiro atoms. The van der Waals surface area contributed by atoms with E-state index in [4.69, 9.17) is 4.74 Å². The average molecular weight is 246 g/mol. The van der Waals surface area contributed by atoms with E-state index >= 15 is 0 Å². The van der Waals surface area contributed by atoms with Crippen LogP contribution in [-0.2, 0) is 20.8 Å². The number of ketones is 3. The molecule has 0 saturated heterocycles. The number of methoxy groups -OCH3 is 1. The highest BCUT2D eigenvalue weighted by Gasteiger charge is 2.37. The summed E-state index contributed by atoms with van der Waals surface area (Å²) in [7, 11) is 1.57. The Morgan fingerprint density at radius 1 is 1.17 bits per heavy atom. The van der Waals surface area contributed by atoms with Gasteiger partial charge in [0, 0.05) is 19.3 Å². The number of carbonyl (C=O) groups is 3. The SMILES string of the molecule is COc1ccc(CC(=O)C2C(=O)CCC2=O)cc1. The van der Waals surface area contributed by atoms with Crippen molar-refractivity contribution in [3.8, 4) is 5.75 Å². The summed E-state index contributed by atoms with van der Waals surface area (Å²) in [5, 5.41) is 0. The zero-order valence-electron chi connectivity index (χ0n) is 10.1. The van der Waals surface area contributed by atoms with E-state index in [1.165, 1.54) is 0 Å². The minimum absolute atomic E-state index is 0.117. The molecule has 4 heteroatoms. The fourth-order valence-corrected chi connectivity index (χ4v) is 2.12. The summed E-state index contributed by atoms with van der Waals surface area (Å²) in [6.45, 7) is 0. The highest BCUT2D eigenvalue weighted by molar-refractivity contribution is 6.23. The topological polar surface area (TPSA) is 60.4 Å². The van der Waals surface area contributed by atoms with Gasteiger partial charge < -0.3 is 4.74 Å². The fraction of sp³-hybridized carbons (Fsp3) is 0.357. The van der Waals surface area contributed by atoms with Crippen molar-refractivity contribution in [2.45, 2.75) is 19.3 Å². The predicted octanol–water partition coefficient (Wildman–Crippen LogP) is 1.35. The van der Waals surface area contributed by atoms with E-state index in [9.17, 15) is 14.4 Å². The molecule has 0 atom stereocenters. The van der Waals surface area contributed by atoms with Crippen LogP contribution in [0.25, 0.3) is 0 Å². The van der Waals surface area contributed by atoms with Crippen molar-refractivity contribution in [3.05, 3.63) is 29.8 Å². The first kappa shape index (κ1) is 12.5. The molecule has 0 aliphatic heterocycles. The van der Waals surface area contributed by atoms with Crippen LogP contribution in [-0.4, -0.2) is 24.5 Å². The predicted molar refractivity (Wildman–Crippen MR) is 64.4 cm³/mol. The lowest BCUT2D eigenvalue weighted by atomic mass is 9.95. The van der Waals surface area contributed by atoms with Gasteiger partial charge in [-0.1, -0.05) is 12.1 Å². The largest absolute Gasteiger partial charge is 0.497 e. The van der Waals surface area contributed by atoms with Crippen molar-refractivity contribution in [2.24, 2.45) is 5.92 Å². The highest BCUT2D eigenvalue weighted by atomic mass is 16.5. The summed E-state index contributed by atoms with van der Waals surface area (Å²) in [5.74, 6) is -1.09. The number of Topliss-reactive ketones (excluding diaryl/α,β-unsaturated/α-hetero) is 3. The first-order chi connectivity index (χ1) is 8.61. The average Bonchev–Trinajstić information content (AvgIpc) is 2.70. The minimum atomic E-state index is -1.02. The van der Waals surface area contributed by atoms with Gasteiger partial charge in [0.2, 0.25) is 0 Å². The van der Waals surface area contributed by atoms with Crippen molar-refractivity contribution >= 4 is 17.3 Å². The Morgan fingerprint density at radius 2 is 1.72 bits per heavy atom. The zero-order chi connectivity index (χ0) is 13.1. The van der Waals surface area contributed by atoms with Crippen LogP contribution >= 0.6 is 0 Å². The molecule has 1 aliphatic carbocycles. The third-order valence-corrected chi connectivity index (χ3v) is 3.12. The van der Waals surface area contributed by atoms with Gasteiger partial charge in [-0.05, 0) is 17.7 Å². The Bertz CT molecular complexity index is 471. The van der Waals surface area contributed by atoms with E-state index in [0.717, 1.165) is 5.56 Å². The van der Waals surface area contributed by atoms with Gasteiger partial charge in [-0.15, -0.1) is 0 Å². The molecule has 0 unspecified atom stereocenters. The van der Waals surface area contributed by atoms with Gasteiger partial charge in [0.05, 0.1) is 7.11 Å². The van der Waals surface area contributed by atoms with Crippen molar-refractivity contribution < 1.29 is 19.1 Å². The maximum atomic E-state index is 11.9. The number of carbonyl (C=O) groups excluding carboxylic acids is 3. The molecule has 0 heterocycles. The Kier molecular flexibility index (Phi) is 3.55. The summed E-state index contributed by atoms with van der Waals surface area (Å²) < 4.78 is 5.01. The van der Waals surface area contributed by atoms with Crippen LogP contribution in [0.5, 0.6) is 5.75 Å². The van der Waals surface area contributed by atoms with Crippen molar-refractivity contribution in [2.75, 3.05) is 7.11 Å². The molecule has 0 aromatic heterocycles. The maximum absolute atomic E-state index is 11.9. The van der Waals surface area contributed by atoms with E-state index in [0.29, 0.717) is 5.75 Å². The number of hydrogen-bond acceptors (Lipinski definition) is 4. The van der Waals surface area contributed by atoms with E-state index in [2.05, 4.69) is 0 Å². The Labute approximate surface area is 105 Å². The van der Waals surface area contributed by atoms with Crippen LogP contribution in [0, 0.1) is 5.92 Å². The quantitative estimate of drug-likeness (QED) is 0.752. The zero-order valence-corrected chi connectivity index (χ0v) is 10.1. The van der Waals surface area contributed by atoms with Crippen LogP contribution in [0.1, 0.15) is 18.4 Å².